The van der Waals surface area contributed by atoms with Crippen LogP contribution in [0.2, 0.25) is 0 Å². The summed E-state index contributed by atoms with van der Waals surface area (Å²) in [6, 6.07) is 3.51. The third-order valence-corrected chi connectivity index (χ3v) is 5.49. The van der Waals surface area contributed by atoms with Gasteiger partial charge in [0.05, 0.1) is 0 Å². The Kier molecular flexibility index (Phi) is 4.12. The number of hydrogen-bond acceptors (Lipinski definition) is 4. The number of hydrogen-bond donors (Lipinski definition) is 2. The van der Waals surface area contributed by atoms with E-state index >= 15 is 0 Å². The van der Waals surface area contributed by atoms with Crippen LogP contribution < -0.4 is 10.5 Å². The van der Waals surface area contributed by atoms with E-state index in [0.29, 0.717) is 10.8 Å². The number of nitrogens with one attached hydrogen (secondary N) is 1. The Bertz CT molecular complexity index is 444. The van der Waals surface area contributed by atoms with Crippen molar-refractivity contribution in [2.75, 3.05) is 13.1 Å². The number of rotatable bonds is 4. The third-order valence-electron chi connectivity index (χ3n) is 2.02. The highest BCUT2D eigenvalue weighted by Gasteiger charge is 2.21. The van der Waals surface area contributed by atoms with Crippen LogP contribution in [0.1, 0.15) is 25.6 Å². The van der Waals surface area contributed by atoms with Gasteiger partial charge in [-0.3, -0.25) is 0 Å². The van der Waals surface area contributed by atoms with Crippen LogP contribution in [0.3, 0.4) is 0 Å². The van der Waals surface area contributed by atoms with Gasteiger partial charge >= 0.3 is 0 Å². The molecule has 0 saturated heterocycles. The van der Waals surface area contributed by atoms with E-state index in [1.807, 2.05) is 6.07 Å². The summed E-state index contributed by atoms with van der Waals surface area (Å²) in [5.41, 5.74) is 5.24. The zero-order valence-electron chi connectivity index (χ0n) is 9.78. The molecule has 0 aliphatic rings. The first-order valence-electron chi connectivity index (χ1n) is 5.07. The molecule has 0 aliphatic carbocycles. The van der Waals surface area contributed by atoms with Crippen LogP contribution in [-0.2, 0) is 15.4 Å². The molecule has 0 fully saturated rings. The molecular formula is C10H18N2O2S2. The number of thiophene rings is 1. The molecule has 0 aromatic carbocycles. The van der Waals surface area contributed by atoms with Gasteiger partial charge in [-0.15, -0.1) is 11.3 Å². The standard InChI is InChI=1S/C10H18N2O2S2/c1-10(2,3)8-4-5-9(15-8)16(13,14)12-7-6-11/h4-5,12H,6-7,11H2,1-3H3. The molecule has 0 radical (unpaired) electrons. The molecule has 0 bridgehead atoms. The summed E-state index contributed by atoms with van der Waals surface area (Å²) in [5.74, 6) is 0. The van der Waals surface area contributed by atoms with E-state index in [4.69, 9.17) is 5.73 Å². The maximum atomic E-state index is 11.8. The Morgan fingerprint density at radius 1 is 1.38 bits per heavy atom. The monoisotopic (exact) mass is 262 g/mol. The molecular weight excluding hydrogens is 244 g/mol. The summed E-state index contributed by atoms with van der Waals surface area (Å²) >= 11 is 1.31. The fraction of sp³-hybridized carbons (Fsp3) is 0.600. The highest BCUT2D eigenvalue weighted by Crippen LogP contribution is 2.31. The molecule has 0 spiro atoms. The molecule has 92 valence electrons. The van der Waals surface area contributed by atoms with Crippen molar-refractivity contribution in [3.05, 3.63) is 17.0 Å². The van der Waals surface area contributed by atoms with Crippen LogP contribution in [0.4, 0.5) is 0 Å². The van der Waals surface area contributed by atoms with Crippen molar-refractivity contribution in [1.29, 1.82) is 0 Å². The number of sulfonamides is 1. The molecule has 3 N–H and O–H groups in total. The predicted octanol–water partition coefficient (Wildman–Crippen LogP) is 1.28. The Balaban J connectivity index is 2.94. The lowest BCUT2D eigenvalue weighted by Gasteiger charge is -2.15. The van der Waals surface area contributed by atoms with Crippen LogP contribution in [0, 0.1) is 0 Å². The molecule has 4 nitrogen and oxygen atoms in total. The van der Waals surface area contributed by atoms with Crippen LogP contribution >= 0.6 is 11.3 Å². The average molecular weight is 262 g/mol. The predicted molar refractivity (Wildman–Crippen MR) is 67.3 cm³/mol. The van der Waals surface area contributed by atoms with Gasteiger partial charge in [0.1, 0.15) is 4.21 Å². The minimum absolute atomic E-state index is 0.0215. The molecule has 1 rings (SSSR count). The lowest BCUT2D eigenvalue weighted by atomic mass is 9.95. The van der Waals surface area contributed by atoms with Crippen LogP contribution in [0.5, 0.6) is 0 Å². The largest absolute Gasteiger partial charge is 0.329 e. The molecule has 0 aliphatic heterocycles. The zero-order valence-corrected chi connectivity index (χ0v) is 11.4. The van der Waals surface area contributed by atoms with Crippen molar-refractivity contribution in [2.45, 2.75) is 30.4 Å². The van der Waals surface area contributed by atoms with Crippen LogP contribution in [-0.4, -0.2) is 21.5 Å². The molecule has 6 heteroatoms. The van der Waals surface area contributed by atoms with Crippen molar-refractivity contribution in [3.8, 4) is 0 Å². The molecule has 0 unspecified atom stereocenters. The summed E-state index contributed by atoms with van der Waals surface area (Å²) in [6.07, 6.45) is 0. The van der Waals surface area contributed by atoms with Gasteiger partial charge in [0, 0.05) is 18.0 Å². The normalized spacial score (nSPS) is 13.0. The molecule has 0 amide bonds. The maximum absolute atomic E-state index is 11.8. The van der Waals surface area contributed by atoms with E-state index in [1.165, 1.54) is 11.3 Å². The molecule has 16 heavy (non-hydrogen) atoms. The fourth-order valence-electron chi connectivity index (χ4n) is 1.13. The maximum Gasteiger partial charge on any atom is 0.250 e. The molecule has 1 aromatic heterocycles. The van der Waals surface area contributed by atoms with Gasteiger partial charge in [0.2, 0.25) is 10.0 Å². The summed E-state index contributed by atoms with van der Waals surface area (Å²) < 4.78 is 26.4. The van der Waals surface area contributed by atoms with E-state index in [9.17, 15) is 8.42 Å². The first-order valence-corrected chi connectivity index (χ1v) is 7.37. The second-order valence-corrected chi connectivity index (χ2v) is 7.63. The van der Waals surface area contributed by atoms with Crippen LogP contribution in [0.25, 0.3) is 0 Å². The quantitative estimate of drug-likeness (QED) is 0.858. The van der Waals surface area contributed by atoms with Crippen molar-refractivity contribution in [1.82, 2.24) is 4.72 Å². The highest BCUT2D eigenvalue weighted by atomic mass is 32.2. The van der Waals surface area contributed by atoms with Gasteiger partial charge in [0.15, 0.2) is 0 Å². The van der Waals surface area contributed by atoms with Crippen molar-refractivity contribution in [3.63, 3.8) is 0 Å². The van der Waals surface area contributed by atoms with Crippen molar-refractivity contribution in [2.24, 2.45) is 5.73 Å². The van der Waals surface area contributed by atoms with E-state index in [0.717, 1.165) is 4.88 Å². The second-order valence-electron chi connectivity index (χ2n) is 4.56. The summed E-state index contributed by atoms with van der Waals surface area (Å²) in [6.45, 7) is 6.75. The zero-order chi connectivity index (χ0) is 12.4. The lowest BCUT2D eigenvalue weighted by Crippen LogP contribution is -2.28. The highest BCUT2D eigenvalue weighted by molar-refractivity contribution is 7.91. The topological polar surface area (TPSA) is 72.2 Å². The van der Waals surface area contributed by atoms with E-state index in [1.54, 1.807) is 6.07 Å². The average Bonchev–Trinajstić information content (AvgIpc) is 2.63. The van der Waals surface area contributed by atoms with Gasteiger partial charge in [-0.05, 0) is 17.5 Å². The SMILES string of the molecule is CC(C)(C)c1ccc(S(=O)(=O)NCCN)s1. The first-order chi connectivity index (χ1) is 7.27. The van der Waals surface area contributed by atoms with E-state index < -0.39 is 10.0 Å². The van der Waals surface area contributed by atoms with E-state index in [-0.39, 0.29) is 12.0 Å². The Morgan fingerprint density at radius 2 is 2.00 bits per heavy atom. The third kappa shape index (κ3) is 3.28. The van der Waals surface area contributed by atoms with Gasteiger partial charge in [-0.25, -0.2) is 13.1 Å². The fourth-order valence-corrected chi connectivity index (χ4v) is 3.59. The minimum atomic E-state index is -3.37. The molecule has 0 atom stereocenters. The first kappa shape index (κ1) is 13.6. The smallest absolute Gasteiger partial charge is 0.250 e. The Hall–Kier alpha value is -0.430. The van der Waals surface area contributed by atoms with Crippen molar-refractivity contribution < 1.29 is 8.42 Å². The Labute approximate surface area is 101 Å². The molecule has 1 heterocycles. The van der Waals surface area contributed by atoms with Crippen LogP contribution in [0.15, 0.2) is 16.3 Å². The van der Waals surface area contributed by atoms with E-state index in [2.05, 4.69) is 25.5 Å². The second kappa shape index (κ2) is 4.83. The lowest BCUT2D eigenvalue weighted by molar-refractivity contribution is 0.584. The van der Waals surface area contributed by atoms with Gasteiger partial charge in [-0.2, -0.15) is 0 Å². The minimum Gasteiger partial charge on any atom is -0.329 e. The molecule has 1 aromatic rings. The van der Waals surface area contributed by atoms with Gasteiger partial charge in [-0.1, -0.05) is 20.8 Å². The molecule has 0 saturated carbocycles. The van der Waals surface area contributed by atoms with Gasteiger partial charge < -0.3 is 5.73 Å². The summed E-state index contributed by atoms with van der Waals surface area (Å²) in [7, 11) is -3.37. The van der Waals surface area contributed by atoms with Gasteiger partial charge in [0.25, 0.3) is 0 Å². The number of nitrogens with two attached hydrogens (primary N) is 1. The Morgan fingerprint density at radius 3 is 2.44 bits per heavy atom. The summed E-state index contributed by atoms with van der Waals surface area (Å²) in [5, 5.41) is 0. The summed E-state index contributed by atoms with van der Waals surface area (Å²) in [4.78, 5) is 1.06. The van der Waals surface area contributed by atoms with Crippen molar-refractivity contribution >= 4 is 21.4 Å².